The third-order valence-corrected chi connectivity index (χ3v) is 7.94. The minimum absolute atomic E-state index is 0. The van der Waals surface area contributed by atoms with Crippen molar-refractivity contribution in [2.45, 2.75) is 50.6 Å². The molecular formula is C17H37Cl3N4O2S. The van der Waals surface area contributed by atoms with Crippen molar-refractivity contribution in [3.63, 3.8) is 0 Å². The summed E-state index contributed by atoms with van der Waals surface area (Å²) >= 11 is 0. The number of halogens is 3. The topological polar surface area (TPSA) is 55.9 Å². The molecule has 0 saturated carbocycles. The third kappa shape index (κ3) is 8.13. The largest absolute Gasteiger partial charge is 0.314 e. The van der Waals surface area contributed by atoms with Gasteiger partial charge in [-0.1, -0.05) is 0 Å². The molecule has 3 aliphatic rings. The standard InChI is InChI=1S/C17H34N4O2S.3ClH/c1-19-9-6-17(7-10-19)20-11-13-21(14-12-20)24(22,23)15-3-5-16-4-2-8-18-16;;;/h16-18H,2-15H2,1H3;3*1H/t16-;;;/m0.../s1. The van der Waals surface area contributed by atoms with Crippen molar-refractivity contribution in [3.8, 4) is 0 Å². The lowest BCUT2D eigenvalue weighted by Crippen LogP contribution is -2.54. The Hall–Kier alpha value is 0.660. The maximum Gasteiger partial charge on any atom is 0.214 e. The molecule has 0 unspecified atom stereocenters. The van der Waals surface area contributed by atoms with E-state index in [4.69, 9.17) is 0 Å². The van der Waals surface area contributed by atoms with Crippen LogP contribution in [-0.2, 0) is 10.0 Å². The van der Waals surface area contributed by atoms with Gasteiger partial charge in [-0.15, -0.1) is 37.2 Å². The first-order valence-electron chi connectivity index (χ1n) is 9.68. The van der Waals surface area contributed by atoms with Crippen LogP contribution in [0.2, 0.25) is 0 Å². The SMILES string of the molecule is CN1CCC(N2CCN(S(=O)(=O)CCC[C@@H]3CCCN3)CC2)CC1.Cl.Cl.Cl. The molecule has 1 N–H and O–H groups in total. The molecule has 3 heterocycles. The molecule has 3 fully saturated rings. The minimum Gasteiger partial charge on any atom is -0.314 e. The number of hydrogen-bond donors (Lipinski definition) is 1. The van der Waals surface area contributed by atoms with Gasteiger partial charge in [-0.2, -0.15) is 4.31 Å². The molecule has 6 nitrogen and oxygen atoms in total. The van der Waals surface area contributed by atoms with Gasteiger partial charge in [-0.25, -0.2) is 8.42 Å². The summed E-state index contributed by atoms with van der Waals surface area (Å²) in [5.41, 5.74) is 0. The Bertz CT molecular complexity index is 490. The van der Waals surface area contributed by atoms with E-state index in [1.54, 1.807) is 4.31 Å². The van der Waals surface area contributed by atoms with E-state index in [0.29, 0.717) is 30.9 Å². The third-order valence-electron chi connectivity index (χ3n) is 5.99. The molecule has 1 atom stereocenters. The molecule has 0 radical (unpaired) electrons. The van der Waals surface area contributed by atoms with Crippen molar-refractivity contribution < 1.29 is 8.42 Å². The van der Waals surface area contributed by atoms with Crippen LogP contribution in [0.1, 0.15) is 38.5 Å². The van der Waals surface area contributed by atoms with E-state index in [1.807, 2.05) is 0 Å². The molecule has 0 aromatic rings. The average molecular weight is 468 g/mol. The van der Waals surface area contributed by atoms with Crippen molar-refractivity contribution in [3.05, 3.63) is 0 Å². The number of likely N-dealkylation sites (tertiary alicyclic amines) is 1. The van der Waals surface area contributed by atoms with Gasteiger partial charge in [0, 0.05) is 38.3 Å². The molecule has 0 bridgehead atoms. The van der Waals surface area contributed by atoms with Crippen molar-refractivity contribution in [2.75, 3.05) is 58.6 Å². The highest BCUT2D eigenvalue weighted by atomic mass is 35.5. The zero-order valence-electron chi connectivity index (χ0n) is 16.3. The number of piperidine rings is 1. The second-order valence-electron chi connectivity index (χ2n) is 7.72. The molecular weight excluding hydrogens is 431 g/mol. The van der Waals surface area contributed by atoms with E-state index < -0.39 is 10.0 Å². The lowest BCUT2D eigenvalue weighted by Gasteiger charge is -2.41. The number of piperazine rings is 1. The smallest absolute Gasteiger partial charge is 0.214 e. The van der Waals surface area contributed by atoms with E-state index in [1.165, 1.54) is 38.8 Å². The van der Waals surface area contributed by atoms with Crippen LogP contribution in [0.15, 0.2) is 0 Å². The number of nitrogens with one attached hydrogen (secondary N) is 1. The van der Waals surface area contributed by atoms with Crippen LogP contribution in [-0.4, -0.2) is 93.2 Å². The monoisotopic (exact) mass is 466 g/mol. The Morgan fingerprint density at radius 2 is 1.56 bits per heavy atom. The maximum atomic E-state index is 12.6. The van der Waals surface area contributed by atoms with E-state index in [9.17, 15) is 8.42 Å². The predicted molar refractivity (Wildman–Crippen MR) is 119 cm³/mol. The lowest BCUT2D eigenvalue weighted by molar-refractivity contribution is 0.0892. The van der Waals surface area contributed by atoms with Gasteiger partial charge < -0.3 is 10.2 Å². The molecule has 27 heavy (non-hydrogen) atoms. The average Bonchev–Trinajstić information content (AvgIpc) is 3.09. The van der Waals surface area contributed by atoms with Crippen LogP contribution in [0.3, 0.4) is 0 Å². The Morgan fingerprint density at radius 3 is 2.11 bits per heavy atom. The number of hydrogen-bond acceptors (Lipinski definition) is 5. The summed E-state index contributed by atoms with van der Waals surface area (Å²) in [6.45, 7) is 6.58. The first-order chi connectivity index (χ1) is 11.5. The summed E-state index contributed by atoms with van der Waals surface area (Å²) in [6.07, 6.45) is 6.66. The van der Waals surface area contributed by atoms with Crippen LogP contribution in [0, 0.1) is 0 Å². The van der Waals surface area contributed by atoms with Crippen molar-refractivity contribution in [1.82, 2.24) is 19.4 Å². The molecule has 3 aliphatic heterocycles. The summed E-state index contributed by atoms with van der Waals surface area (Å²) in [4.78, 5) is 4.90. The Morgan fingerprint density at radius 1 is 0.926 bits per heavy atom. The van der Waals surface area contributed by atoms with E-state index in [2.05, 4.69) is 22.2 Å². The van der Waals surface area contributed by atoms with Gasteiger partial charge in [0.05, 0.1) is 5.75 Å². The van der Waals surface area contributed by atoms with Crippen LogP contribution in [0.4, 0.5) is 0 Å². The Balaban J connectivity index is 0.00000225. The fourth-order valence-electron chi connectivity index (χ4n) is 4.35. The lowest BCUT2D eigenvalue weighted by atomic mass is 10.0. The predicted octanol–water partition coefficient (Wildman–Crippen LogP) is 1.83. The molecule has 0 aromatic heterocycles. The van der Waals surface area contributed by atoms with Gasteiger partial charge in [-0.3, -0.25) is 4.90 Å². The second kappa shape index (κ2) is 13.1. The number of nitrogens with zero attached hydrogens (tertiary/aromatic N) is 3. The zero-order valence-corrected chi connectivity index (χ0v) is 19.6. The van der Waals surface area contributed by atoms with Gasteiger partial charge in [-0.05, 0) is 65.2 Å². The molecule has 3 saturated heterocycles. The molecule has 0 aromatic carbocycles. The quantitative estimate of drug-likeness (QED) is 0.646. The first-order valence-corrected chi connectivity index (χ1v) is 11.3. The highest BCUT2D eigenvalue weighted by Crippen LogP contribution is 2.19. The highest BCUT2D eigenvalue weighted by molar-refractivity contribution is 7.89. The molecule has 164 valence electrons. The molecule has 0 amide bonds. The zero-order chi connectivity index (χ0) is 17.0. The second-order valence-corrected chi connectivity index (χ2v) is 9.81. The summed E-state index contributed by atoms with van der Waals surface area (Å²) in [5, 5.41) is 3.45. The summed E-state index contributed by atoms with van der Waals surface area (Å²) < 4.78 is 26.9. The van der Waals surface area contributed by atoms with Gasteiger partial charge in [0.1, 0.15) is 0 Å². The molecule has 0 spiro atoms. The Labute approximate surface area is 184 Å². The van der Waals surface area contributed by atoms with Crippen molar-refractivity contribution >= 4 is 47.2 Å². The summed E-state index contributed by atoms with van der Waals surface area (Å²) in [7, 11) is -0.885. The normalized spacial score (nSPS) is 26.0. The molecule has 0 aliphatic carbocycles. The fraction of sp³-hybridized carbons (Fsp3) is 1.00. The number of sulfonamides is 1. The summed E-state index contributed by atoms with van der Waals surface area (Å²) in [6, 6.07) is 1.20. The van der Waals surface area contributed by atoms with Crippen molar-refractivity contribution in [2.24, 2.45) is 0 Å². The molecule has 3 rings (SSSR count). The van der Waals surface area contributed by atoms with Crippen LogP contribution in [0.25, 0.3) is 0 Å². The fourth-order valence-corrected chi connectivity index (χ4v) is 5.86. The Kier molecular flexibility index (Phi) is 13.4. The van der Waals surface area contributed by atoms with Crippen LogP contribution < -0.4 is 5.32 Å². The van der Waals surface area contributed by atoms with Crippen LogP contribution in [0.5, 0.6) is 0 Å². The number of rotatable bonds is 6. The van der Waals surface area contributed by atoms with Crippen molar-refractivity contribution in [1.29, 1.82) is 0 Å². The first kappa shape index (κ1) is 27.7. The van der Waals surface area contributed by atoms with Gasteiger partial charge in [0.15, 0.2) is 0 Å². The van der Waals surface area contributed by atoms with Crippen LogP contribution >= 0.6 is 37.2 Å². The molecule has 10 heteroatoms. The summed E-state index contributed by atoms with van der Waals surface area (Å²) in [5.74, 6) is 0.319. The van der Waals surface area contributed by atoms with E-state index in [-0.39, 0.29) is 37.2 Å². The van der Waals surface area contributed by atoms with E-state index in [0.717, 1.165) is 32.5 Å². The highest BCUT2D eigenvalue weighted by Gasteiger charge is 2.31. The van der Waals surface area contributed by atoms with Gasteiger partial charge >= 0.3 is 0 Å². The minimum atomic E-state index is -3.07. The van der Waals surface area contributed by atoms with Gasteiger partial charge in [0.25, 0.3) is 0 Å². The van der Waals surface area contributed by atoms with Gasteiger partial charge in [0.2, 0.25) is 10.0 Å². The maximum absolute atomic E-state index is 12.6. The van der Waals surface area contributed by atoms with E-state index >= 15 is 0 Å².